The number of carboxylic acids is 1. The van der Waals surface area contributed by atoms with Gasteiger partial charge in [0.2, 0.25) is 5.91 Å². The zero-order valence-corrected chi connectivity index (χ0v) is 17.5. The third-order valence-corrected chi connectivity index (χ3v) is 5.24. The summed E-state index contributed by atoms with van der Waals surface area (Å²) in [7, 11) is 0. The summed E-state index contributed by atoms with van der Waals surface area (Å²) in [6.45, 7) is 2.02. The number of aliphatic imine (C=N–C) groups is 1. The number of amides is 1. The Bertz CT molecular complexity index is 1150. The molecule has 0 radical (unpaired) electrons. The number of aliphatic carboxylic acids is 1. The van der Waals surface area contributed by atoms with Crippen LogP contribution in [0, 0.1) is 6.92 Å². The number of aryl methyl sites for hydroxylation is 1. The number of carboxylic acid groups (broad SMARTS) is 1. The molecule has 31 heavy (non-hydrogen) atoms. The summed E-state index contributed by atoms with van der Waals surface area (Å²) in [6.07, 6.45) is 0.178. The molecule has 1 amide bonds. The molecule has 3 aromatic rings. The molecular weight excluding hydrogens is 418 g/mol. The Hall–Kier alpha value is -3.52. The lowest BCUT2D eigenvalue weighted by Crippen LogP contribution is -2.21. The molecule has 2 aromatic carbocycles. The quantitative estimate of drug-likeness (QED) is 0.601. The monoisotopic (exact) mass is 437 g/mol. The van der Waals surface area contributed by atoms with Crippen LogP contribution < -0.4 is 5.32 Å². The molecule has 1 atom stereocenters. The van der Waals surface area contributed by atoms with Gasteiger partial charge in [0.05, 0.1) is 18.2 Å². The molecule has 1 aliphatic heterocycles. The Morgan fingerprint density at radius 1 is 1.13 bits per heavy atom. The molecule has 0 fully saturated rings. The summed E-state index contributed by atoms with van der Waals surface area (Å²) in [5, 5.41) is 16.4. The number of hydrogen-bond donors (Lipinski definition) is 2. The van der Waals surface area contributed by atoms with Crippen molar-refractivity contribution in [1.82, 2.24) is 14.8 Å². The van der Waals surface area contributed by atoms with Gasteiger partial charge in [-0.3, -0.25) is 14.9 Å². The normalized spacial score (nSPS) is 15.2. The van der Waals surface area contributed by atoms with Crippen LogP contribution in [-0.2, 0) is 9.59 Å². The fourth-order valence-electron chi connectivity index (χ4n) is 3.37. The number of carbonyl (C=O) groups is 2. The zero-order chi connectivity index (χ0) is 22.0. The number of carbonyl (C=O) groups excluding carboxylic acids is 1. The number of benzene rings is 2. The molecule has 0 saturated carbocycles. The maximum Gasteiger partial charge on any atom is 0.303 e. The van der Waals surface area contributed by atoms with Crippen molar-refractivity contribution in [3.63, 3.8) is 0 Å². The maximum absolute atomic E-state index is 12.0. The van der Waals surface area contributed by atoms with Gasteiger partial charge in [0.15, 0.2) is 0 Å². The van der Waals surface area contributed by atoms with E-state index in [0.717, 1.165) is 22.4 Å². The number of nitrogens with zero attached hydrogens (tertiary/aromatic N) is 4. The van der Waals surface area contributed by atoms with Crippen molar-refractivity contribution in [3.8, 4) is 0 Å². The molecule has 1 aliphatic rings. The second-order valence-electron chi connectivity index (χ2n) is 7.32. The minimum atomic E-state index is -1.04. The van der Waals surface area contributed by atoms with E-state index >= 15 is 0 Å². The molecule has 2 heterocycles. The van der Waals surface area contributed by atoms with Crippen molar-refractivity contribution in [2.75, 3.05) is 5.32 Å². The summed E-state index contributed by atoms with van der Waals surface area (Å²) in [5.41, 5.74) is 3.96. The molecule has 1 unspecified atom stereocenters. The molecule has 2 N–H and O–H groups in total. The van der Waals surface area contributed by atoms with E-state index in [1.807, 2.05) is 55.5 Å². The highest BCUT2D eigenvalue weighted by Gasteiger charge is 2.28. The highest BCUT2D eigenvalue weighted by atomic mass is 35.5. The Morgan fingerprint density at radius 3 is 2.52 bits per heavy atom. The van der Waals surface area contributed by atoms with Crippen molar-refractivity contribution in [2.24, 2.45) is 4.99 Å². The molecule has 4 rings (SSSR count). The van der Waals surface area contributed by atoms with Gasteiger partial charge in [-0.15, -0.1) is 5.10 Å². The minimum Gasteiger partial charge on any atom is -0.481 e. The van der Waals surface area contributed by atoms with Gasteiger partial charge in [-0.2, -0.15) is 4.98 Å². The molecule has 8 nitrogen and oxygen atoms in total. The Labute approximate surface area is 183 Å². The standard InChI is InChI=1S/C22H20ClN5O3/c1-13-2-4-15(5-3-13)18-12-17(14-6-8-16(23)9-7-14)24-22-26-21(27-28(18)22)25-19(29)10-11-20(30)31/h2-9,18H,10-12H2,1H3,(H,30,31)(H,25,27,29). The second kappa shape index (κ2) is 8.69. The number of fused-ring (bicyclic) bond motifs is 1. The molecule has 0 spiro atoms. The van der Waals surface area contributed by atoms with E-state index in [9.17, 15) is 9.59 Å². The van der Waals surface area contributed by atoms with Gasteiger partial charge < -0.3 is 5.11 Å². The van der Waals surface area contributed by atoms with Crippen LogP contribution >= 0.6 is 11.6 Å². The van der Waals surface area contributed by atoms with Gasteiger partial charge >= 0.3 is 5.97 Å². The average molecular weight is 438 g/mol. The Balaban J connectivity index is 1.68. The lowest BCUT2D eigenvalue weighted by atomic mass is 9.95. The highest BCUT2D eigenvalue weighted by Crippen LogP contribution is 2.33. The third-order valence-electron chi connectivity index (χ3n) is 4.99. The number of hydrogen-bond acceptors (Lipinski definition) is 5. The van der Waals surface area contributed by atoms with Gasteiger partial charge in [-0.1, -0.05) is 53.6 Å². The first-order chi connectivity index (χ1) is 14.9. The van der Waals surface area contributed by atoms with Crippen molar-refractivity contribution < 1.29 is 14.7 Å². The molecule has 1 aromatic heterocycles. The van der Waals surface area contributed by atoms with Crippen LogP contribution in [0.1, 0.15) is 42.0 Å². The Morgan fingerprint density at radius 2 is 1.84 bits per heavy atom. The van der Waals surface area contributed by atoms with Crippen LogP contribution in [0.25, 0.3) is 0 Å². The summed E-state index contributed by atoms with van der Waals surface area (Å²) >= 11 is 6.02. The lowest BCUT2D eigenvalue weighted by Gasteiger charge is -2.24. The summed E-state index contributed by atoms with van der Waals surface area (Å²) in [5.74, 6) is -1.03. The fraction of sp³-hybridized carbons (Fsp3) is 0.227. The highest BCUT2D eigenvalue weighted by molar-refractivity contribution is 6.30. The van der Waals surface area contributed by atoms with Gasteiger partial charge in [0.25, 0.3) is 11.9 Å². The van der Waals surface area contributed by atoms with E-state index in [4.69, 9.17) is 16.7 Å². The third kappa shape index (κ3) is 4.80. The Kier molecular flexibility index (Phi) is 5.81. The SMILES string of the molecule is Cc1ccc(C2CC(c3ccc(Cl)cc3)=Nc3nc(NC(=O)CCC(=O)O)nn32)cc1. The van der Waals surface area contributed by atoms with E-state index in [2.05, 4.69) is 20.4 Å². The first kappa shape index (κ1) is 20.7. The molecule has 158 valence electrons. The van der Waals surface area contributed by atoms with E-state index in [0.29, 0.717) is 17.4 Å². The molecule has 0 aliphatic carbocycles. The predicted octanol–water partition coefficient (Wildman–Crippen LogP) is 4.16. The van der Waals surface area contributed by atoms with E-state index < -0.39 is 11.9 Å². The minimum absolute atomic E-state index is 0.101. The van der Waals surface area contributed by atoms with E-state index in [-0.39, 0.29) is 24.8 Å². The number of halogens is 1. The largest absolute Gasteiger partial charge is 0.481 e. The van der Waals surface area contributed by atoms with Crippen LogP contribution in [0.2, 0.25) is 5.02 Å². The molecule has 0 saturated heterocycles. The van der Waals surface area contributed by atoms with Gasteiger partial charge in [-0.05, 0) is 30.2 Å². The lowest BCUT2D eigenvalue weighted by molar-refractivity contribution is -0.138. The molecule has 0 bridgehead atoms. The first-order valence-corrected chi connectivity index (χ1v) is 10.1. The fourth-order valence-corrected chi connectivity index (χ4v) is 3.50. The summed E-state index contributed by atoms with van der Waals surface area (Å²) in [4.78, 5) is 31.7. The number of nitrogens with one attached hydrogen (secondary N) is 1. The first-order valence-electron chi connectivity index (χ1n) is 9.77. The number of anilines is 1. The van der Waals surface area contributed by atoms with E-state index in [1.165, 1.54) is 0 Å². The second-order valence-corrected chi connectivity index (χ2v) is 7.75. The van der Waals surface area contributed by atoms with Crippen LogP contribution in [0.4, 0.5) is 11.9 Å². The van der Waals surface area contributed by atoms with Crippen LogP contribution in [0.15, 0.2) is 53.5 Å². The topological polar surface area (TPSA) is 109 Å². The van der Waals surface area contributed by atoms with Crippen molar-refractivity contribution in [1.29, 1.82) is 0 Å². The summed E-state index contributed by atoms with van der Waals surface area (Å²) < 4.78 is 1.69. The van der Waals surface area contributed by atoms with Gasteiger partial charge in [0, 0.05) is 17.9 Å². The van der Waals surface area contributed by atoms with Crippen molar-refractivity contribution in [2.45, 2.75) is 32.2 Å². The van der Waals surface area contributed by atoms with Crippen molar-refractivity contribution >= 4 is 41.1 Å². The number of aromatic nitrogens is 3. The molecule has 9 heteroatoms. The average Bonchev–Trinajstić information content (AvgIpc) is 3.15. The van der Waals surface area contributed by atoms with Crippen LogP contribution in [-0.4, -0.2) is 37.5 Å². The summed E-state index contributed by atoms with van der Waals surface area (Å²) in [6, 6.07) is 15.4. The zero-order valence-electron chi connectivity index (χ0n) is 16.7. The van der Waals surface area contributed by atoms with Crippen LogP contribution in [0.5, 0.6) is 0 Å². The van der Waals surface area contributed by atoms with E-state index in [1.54, 1.807) is 4.68 Å². The number of rotatable bonds is 6. The van der Waals surface area contributed by atoms with Crippen molar-refractivity contribution in [3.05, 3.63) is 70.2 Å². The smallest absolute Gasteiger partial charge is 0.303 e. The molecular formula is C22H20ClN5O3. The maximum atomic E-state index is 12.0. The van der Waals surface area contributed by atoms with Gasteiger partial charge in [-0.25, -0.2) is 9.67 Å². The van der Waals surface area contributed by atoms with Gasteiger partial charge in [0.1, 0.15) is 0 Å². The van der Waals surface area contributed by atoms with Crippen LogP contribution in [0.3, 0.4) is 0 Å². The predicted molar refractivity (Wildman–Crippen MR) is 117 cm³/mol.